The van der Waals surface area contributed by atoms with Crippen LogP contribution in [0.4, 0.5) is 11.4 Å². The molecule has 0 atom stereocenters. The lowest BCUT2D eigenvalue weighted by atomic mass is 10.1. The fourth-order valence-electron chi connectivity index (χ4n) is 1.97. The van der Waals surface area contributed by atoms with Gasteiger partial charge in [-0.3, -0.25) is 14.9 Å². The van der Waals surface area contributed by atoms with Crippen molar-refractivity contribution in [3.05, 3.63) is 61.6 Å². The number of rotatable bonds is 5. The SMILES string of the molecule is Cc1cc(NC(=O)COc2cc(Cl)ccc2Cl)c([N+](=O)[O-])cc1C. The molecule has 8 heteroatoms. The van der Waals surface area contributed by atoms with Gasteiger partial charge in [-0.25, -0.2) is 0 Å². The number of nitrogens with zero attached hydrogens (tertiary/aromatic N) is 1. The number of hydrogen-bond acceptors (Lipinski definition) is 4. The predicted molar refractivity (Wildman–Crippen MR) is 93.2 cm³/mol. The number of carbonyl (C=O) groups excluding carboxylic acids is 1. The maximum Gasteiger partial charge on any atom is 0.293 e. The molecule has 6 nitrogen and oxygen atoms in total. The smallest absolute Gasteiger partial charge is 0.293 e. The second-order valence-corrected chi connectivity index (χ2v) is 5.97. The minimum Gasteiger partial charge on any atom is -0.482 e. The zero-order valence-corrected chi connectivity index (χ0v) is 14.4. The standard InChI is InChI=1S/C16H14Cl2N2O4/c1-9-5-13(14(20(22)23)6-10(9)2)19-16(21)8-24-15-7-11(17)3-4-12(15)18/h3-7H,8H2,1-2H3,(H,19,21). The summed E-state index contributed by atoms with van der Waals surface area (Å²) in [5, 5.41) is 14.3. The van der Waals surface area contributed by atoms with Gasteiger partial charge in [-0.2, -0.15) is 0 Å². The predicted octanol–water partition coefficient (Wildman–Crippen LogP) is 4.54. The Morgan fingerprint density at radius 2 is 1.88 bits per heavy atom. The Bertz CT molecular complexity index is 809. The third kappa shape index (κ3) is 4.37. The van der Waals surface area contributed by atoms with E-state index in [0.29, 0.717) is 10.0 Å². The summed E-state index contributed by atoms with van der Waals surface area (Å²) < 4.78 is 5.31. The van der Waals surface area contributed by atoms with Gasteiger partial charge in [0.25, 0.3) is 11.6 Å². The molecule has 0 saturated heterocycles. The van der Waals surface area contributed by atoms with Crippen LogP contribution in [0, 0.1) is 24.0 Å². The molecule has 2 rings (SSSR count). The first-order chi connectivity index (χ1) is 11.3. The average Bonchev–Trinajstić information content (AvgIpc) is 2.51. The number of amides is 1. The largest absolute Gasteiger partial charge is 0.482 e. The molecule has 0 radical (unpaired) electrons. The third-order valence-corrected chi connectivity index (χ3v) is 3.88. The first-order valence-electron chi connectivity index (χ1n) is 6.91. The lowest BCUT2D eigenvalue weighted by Crippen LogP contribution is -2.21. The minimum absolute atomic E-state index is 0.119. The molecule has 0 heterocycles. The van der Waals surface area contributed by atoms with Crippen LogP contribution >= 0.6 is 23.2 Å². The molecule has 2 aromatic rings. The second kappa shape index (κ2) is 7.51. The molecule has 24 heavy (non-hydrogen) atoms. The highest BCUT2D eigenvalue weighted by molar-refractivity contribution is 6.34. The fourth-order valence-corrected chi connectivity index (χ4v) is 2.30. The molecule has 126 valence electrons. The second-order valence-electron chi connectivity index (χ2n) is 5.12. The number of carbonyl (C=O) groups is 1. The van der Waals surface area contributed by atoms with Crippen molar-refractivity contribution in [3.63, 3.8) is 0 Å². The van der Waals surface area contributed by atoms with Gasteiger partial charge in [-0.05, 0) is 43.2 Å². The van der Waals surface area contributed by atoms with Gasteiger partial charge in [0.05, 0.1) is 9.95 Å². The third-order valence-electron chi connectivity index (χ3n) is 3.33. The Kier molecular flexibility index (Phi) is 5.64. The zero-order chi connectivity index (χ0) is 17.9. The zero-order valence-electron chi connectivity index (χ0n) is 12.9. The van der Waals surface area contributed by atoms with E-state index in [4.69, 9.17) is 27.9 Å². The highest BCUT2D eigenvalue weighted by Gasteiger charge is 2.18. The van der Waals surface area contributed by atoms with Crippen molar-refractivity contribution >= 4 is 40.5 Å². The maximum absolute atomic E-state index is 12.0. The molecule has 0 aliphatic rings. The number of nitrogens with one attached hydrogen (secondary N) is 1. The summed E-state index contributed by atoms with van der Waals surface area (Å²) >= 11 is 11.8. The van der Waals surface area contributed by atoms with Gasteiger partial charge in [-0.15, -0.1) is 0 Å². The number of nitro benzene ring substituents is 1. The molecule has 0 aliphatic heterocycles. The van der Waals surface area contributed by atoms with Crippen molar-refractivity contribution in [2.75, 3.05) is 11.9 Å². The summed E-state index contributed by atoms with van der Waals surface area (Å²) in [6.45, 7) is 3.21. The fraction of sp³-hybridized carbons (Fsp3) is 0.188. The normalized spacial score (nSPS) is 10.3. The molecule has 0 spiro atoms. The van der Waals surface area contributed by atoms with Crippen LogP contribution in [0.2, 0.25) is 10.0 Å². The summed E-state index contributed by atoms with van der Waals surface area (Å²) in [5.41, 5.74) is 1.54. The minimum atomic E-state index is -0.545. The quantitative estimate of drug-likeness (QED) is 0.620. The van der Waals surface area contributed by atoms with Crippen LogP contribution in [0.3, 0.4) is 0 Å². The van der Waals surface area contributed by atoms with Crippen molar-refractivity contribution in [2.24, 2.45) is 0 Å². The Morgan fingerprint density at radius 1 is 1.21 bits per heavy atom. The van der Waals surface area contributed by atoms with E-state index < -0.39 is 10.8 Å². The topological polar surface area (TPSA) is 81.5 Å². The van der Waals surface area contributed by atoms with Gasteiger partial charge in [0.2, 0.25) is 0 Å². The molecule has 0 bridgehead atoms. The van der Waals surface area contributed by atoms with Gasteiger partial charge >= 0.3 is 0 Å². The molecular weight excluding hydrogens is 355 g/mol. The Balaban J connectivity index is 2.11. The van der Waals surface area contributed by atoms with E-state index >= 15 is 0 Å². The van der Waals surface area contributed by atoms with E-state index in [-0.39, 0.29) is 23.7 Å². The van der Waals surface area contributed by atoms with Crippen LogP contribution < -0.4 is 10.1 Å². The van der Waals surface area contributed by atoms with Gasteiger partial charge < -0.3 is 10.1 Å². The van der Waals surface area contributed by atoms with Crippen LogP contribution in [0.25, 0.3) is 0 Å². The molecule has 2 aromatic carbocycles. The van der Waals surface area contributed by atoms with E-state index in [1.165, 1.54) is 12.1 Å². The molecule has 0 aliphatic carbocycles. The van der Waals surface area contributed by atoms with Crippen molar-refractivity contribution < 1.29 is 14.5 Å². The summed E-state index contributed by atoms with van der Waals surface area (Å²) in [6.07, 6.45) is 0. The Hall–Kier alpha value is -2.31. The van der Waals surface area contributed by atoms with E-state index in [0.717, 1.165) is 11.1 Å². The summed E-state index contributed by atoms with van der Waals surface area (Å²) in [4.78, 5) is 22.6. The number of benzene rings is 2. The van der Waals surface area contributed by atoms with E-state index in [2.05, 4.69) is 5.32 Å². The summed E-state index contributed by atoms with van der Waals surface area (Å²) in [6, 6.07) is 7.59. The van der Waals surface area contributed by atoms with Crippen LogP contribution in [0.5, 0.6) is 5.75 Å². The number of halogens is 2. The Labute approximate surface area is 148 Å². The molecule has 1 amide bonds. The van der Waals surface area contributed by atoms with Crippen LogP contribution in [-0.4, -0.2) is 17.4 Å². The van der Waals surface area contributed by atoms with Crippen LogP contribution in [0.1, 0.15) is 11.1 Å². The van der Waals surface area contributed by atoms with E-state index in [9.17, 15) is 14.9 Å². The van der Waals surface area contributed by atoms with Crippen molar-refractivity contribution in [1.29, 1.82) is 0 Å². The van der Waals surface area contributed by atoms with Gasteiger partial charge in [0, 0.05) is 17.2 Å². The summed E-state index contributed by atoms with van der Waals surface area (Å²) in [5.74, 6) is -0.286. The van der Waals surface area contributed by atoms with Crippen molar-refractivity contribution in [3.8, 4) is 5.75 Å². The van der Waals surface area contributed by atoms with E-state index in [1.54, 1.807) is 32.0 Å². The first kappa shape index (κ1) is 18.0. The van der Waals surface area contributed by atoms with Crippen molar-refractivity contribution in [1.82, 2.24) is 0 Å². The van der Waals surface area contributed by atoms with Gasteiger partial charge in [0.1, 0.15) is 11.4 Å². The van der Waals surface area contributed by atoms with Crippen LogP contribution in [-0.2, 0) is 4.79 Å². The number of nitro groups is 1. The molecule has 1 N–H and O–H groups in total. The lowest BCUT2D eigenvalue weighted by Gasteiger charge is -2.11. The number of anilines is 1. The number of ether oxygens (including phenoxy) is 1. The molecule has 0 unspecified atom stereocenters. The lowest BCUT2D eigenvalue weighted by molar-refractivity contribution is -0.384. The maximum atomic E-state index is 12.0. The molecule has 0 fully saturated rings. The van der Waals surface area contributed by atoms with Crippen LogP contribution in [0.15, 0.2) is 30.3 Å². The molecular formula is C16H14Cl2N2O4. The van der Waals surface area contributed by atoms with Gasteiger partial charge in [-0.1, -0.05) is 23.2 Å². The summed E-state index contributed by atoms with van der Waals surface area (Å²) in [7, 11) is 0. The van der Waals surface area contributed by atoms with Crippen molar-refractivity contribution in [2.45, 2.75) is 13.8 Å². The molecule has 0 aromatic heterocycles. The van der Waals surface area contributed by atoms with Gasteiger partial charge in [0.15, 0.2) is 6.61 Å². The highest BCUT2D eigenvalue weighted by Crippen LogP contribution is 2.29. The molecule has 0 saturated carbocycles. The Morgan fingerprint density at radius 3 is 2.54 bits per heavy atom. The monoisotopic (exact) mass is 368 g/mol. The van der Waals surface area contributed by atoms with E-state index in [1.807, 2.05) is 0 Å². The number of hydrogen-bond donors (Lipinski definition) is 1. The first-order valence-corrected chi connectivity index (χ1v) is 7.67. The average molecular weight is 369 g/mol. The highest BCUT2D eigenvalue weighted by atomic mass is 35.5. The number of aryl methyl sites for hydroxylation is 2.